The third-order valence-corrected chi connectivity index (χ3v) is 2.38. The number of ether oxygens (including phenoxy) is 1. The molecule has 1 rings (SSSR count). The zero-order chi connectivity index (χ0) is 9.90. The molecule has 0 unspecified atom stereocenters. The van der Waals surface area contributed by atoms with Crippen molar-refractivity contribution in [1.82, 2.24) is 0 Å². The van der Waals surface area contributed by atoms with Crippen molar-refractivity contribution in [2.24, 2.45) is 5.92 Å². The van der Waals surface area contributed by atoms with Crippen molar-refractivity contribution in [3.8, 4) is 0 Å². The van der Waals surface area contributed by atoms with Gasteiger partial charge in [-0.3, -0.25) is 0 Å². The summed E-state index contributed by atoms with van der Waals surface area (Å²) in [4.78, 5) is 10.2. The molecule has 0 bridgehead atoms. The first kappa shape index (κ1) is 10.7. The van der Waals surface area contributed by atoms with Gasteiger partial charge in [0.2, 0.25) is 5.92 Å². The van der Waals surface area contributed by atoms with Crippen LogP contribution in [-0.4, -0.2) is 18.0 Å². The molecule has 0 aromatic carbocycles. The van der Waals surface area contributed by atoms with Crippen LogP contribution in [0, 0.1) is 5.92 Å². The van der Waals surface area contributed by atoms with Crippen LogP contribution in [0.1, 0.15) is 25.7 Å². The molecular weight excluding hydrogens is 202 g/mol. The van der Waals surface area contributed by atoms with Gasteiger partial charge in [-0.25, -0.2) is 13.6 Å². The van der Waals surface area contributed by atoms with Crippen molar-refractivity contribution in [2.45, 2.75) is 31.6 Å². The van der Waals surface area contributed by atoms with E-state index in [0.29, 0.717) is 12.8 Å². The number of hydrogen-bond donors (Lipinski definition) is 0. The maximum Gasteiger partial charge on any atom is 0.403 e. The minimum atomic E-state index is -2.53. The number of rotatable bonds is 2. The second-order valence-corrected chi connectivity index (χ2v) is 3.66. The topological polar surface area (TPSA) is 26.3 Å². The molecule has 0 N–H and O–H groups in total. The van der Waals surface area contributed by atoms with Gasteiger partial charge in [0.25, 0.3) is 0 Å². The molecule has 0 aliphatic heterocycles. The lowest BCUT2D eigenvalue weighted by atomic mass is 9.87. The number of alkyl halides is 2. The van der Waals surface area contributed by atoms with E-state index in [1.54, 1.807) is 0 Å². The van der Waals surface area contributed by atoms with Gasteiger partial charge >= 0.3 is 5.43 Å². The maximum atomic E-state index is 12.6. The molecule has 0 aromatic heterocycles. The summed E-state index contributed by atoms with van der Waals surface area (Å²) in [5.41, 5.74) is -0.864. The predicted molar refractivity (Wildman–Crippen MR) is 44.1 cm³/mol. The zero-order valence-corrected chi connectivity index (χ0v) is 7.82. The summed E-state index contributed by atoms with van der Waals surface area (Å²) in [6, 6.07) is 0. The van der Waals surface area contributed by atoms with Crippen molar-refractivity contribution in [1.29, 1.82) is 0 Å². The Bertz CT molecular complexity index is 187. The van der Waals surface area contributed by atoms with Crippen LogP contribution in [0.4, 0.5) is 13.6 Å². The molecule has 1 aliphatic rings. The molecule has 1 saturated carbocycles. The quantitative estimate of drug-likeness (QED) is 0.657. The molecule has 0 radical (unpaired) electrons. The number of carbonyl (C=O) groups excluding carboxylic acids is 1. The van der Waals surface area contributed by atoms with E-state index in [9.17, 15) is 13.6 Å². The first-order valence-electron chi connectivity index (χ1n) is 4.20. The zero-order valence-electron chi connectivity index (χ0n) is 7.06. The fraction of sp³-hybridized carbons (Fsp3) is 0.875. The van der Waals surface area contributed by atoms with Gasteiger partial charge in [0.1, 0.15) is 0 Å². The third kappa shape index (κ3) is 3.89. The molecule has 0 amide bonds. The highest BCUT2D eigenvalue weighted by atomic mass is 35.5. The maximum absolute atomic E-state index is 12.6. The minimum absolute atomic E-state index is 0.0438. The van der Waals surface area contributed by atoms with Crippen molar-refractivity contribution in [3.05, 3.63) is 0 Å². The molecule has 76 valence electrons. The molecule has 0 heterocycles. The Labute approximate surface area is 80.2 Å². The lowest BCUT2D eigenvalue weighted by Crippen LogP contribution is -2.26. The van der Waals surface area contributed by atoms with Crippen LogP contribution in [0.3, 0.4) is 0 Å². The van der Waals surface area contributed by atoms with E-state index in [1.807, 2.05) is 0 Å². The summed E-state index contributed by atoms with van der Waals surface area (Å²) < 4.78 is 29.8. The molecule has 5 heteroatoms. The molecule has 0 spiro atoms. The van der Waals surface area contributed by atoms with E-state index >= 15 is 0 Å². The third-order valence-electron chi connectivity index (χ3n) is 2.27. The molecule has 0 atom stereocenters. The van der Waals surface area contributed by atoms with E-state index < -0.39 is 11.4 Å². The minimum Gasteiger partial charge on any atom is -0.453 e. The Morgan fingerprint density at radius 3 is 2.46 bits per heavy atom. The second-order valence-electron chi connectivity index (χ2n) is 3.35. The van der Waals surface area contributed by atoms with Gasteiger partial charge in [0.15, 0.2) is 0 Å². The standard InChI is InChI=1S/C8H11ClF2O2/c9-7(12)13-5-6-1-3-8(10,11)4-2-6/h6H,1-5H2. The molecular formula is C8H11ClF2O2. The summed E-state index contributed by atoms with van der Waals surface area (Å²) >= 11 is 4.94. The van der Waals surface area contributed by atoms with E-state index in [1.165, 1.54) is 0 Å². The summed E-state index contributed by atoms with van der Waals surface area (Å²) in [5.74, 6) is -2.48. The Balaban J connectivity index is 2.21. The van der Waals surface area contributed by atoms with Crippen LogP contribution in [0.2, 0.25) is 0 Å². The van der Waals surface area contributed by atoms with Crippen LogP contribution < -0.4 is 0 Å². The first-order valence-corrected chi connectivity index (χ1v) is 4.57. The van der Waals surface area contributed by atoms with Crippen LogP contribution in [0.25, 0.3) is 0 Å². The Morgan fingerprint density at radius 1 is 1.46 bits per heavy atom. The second kappa shape index (κ2) is 4.22. The molecule has 1 aliphatic carbocycles. The van der Waals surface area contributed by atoms with Gasteiger partial charge in [-0.05, 0) is 18.8 Å². The van der Waals surface area contributed by atoms with Gasteiger partial charge in [-0.1, -0.05) is 0 Å². The lowest BCUT2D eigenvalue weighted by Gasteiger charge is -2.27. The van der Waals surface area contributed by atoms with Crippen LogP contribution in [0.15, 0.2) is 0 Å². The predicted octanol–water partition coefficient (Wildman–Crippen LogP) is 3.19. The molecule has 13 heavy (non-hydrogen) atoms. The molecule has 0 aromatic rings. The van der Waals surface area contributed by atoms with Gasteiger partial charge in [0, 0.05) is 24.4 Å². The monoisotopic (exact) mass is 212 g/mol. The van der Waals surface area contributed by atoms with Crippen LogP contribution in [-0.2, 0) is 4.74 Å². The van der Waals surface area contributed by atoms with E-state index in [4.69, 9.17) is 11.6 Å². The molecule has 1 fully saturated rings. The van der Waals surface area contributed by atoms with Crippen molar-refractivity contribution >= 4 is 17.0 Å². The summed E-state index contributed by atoms with van der Waals surface area (Å²) in [6.45, 7) is 0.165. The lowest BCUT2D eigenvalue weighted by molar-refractivity contribution is -0.0510. The Hall–Kier alpha value is -0.380. The first-order chi connectivity index (χ1) is 5.99. The van der Waals surface area contributed by atoms with Crippen molar-refractivity contribution < 1.29 is 18.3 Å². The fourth-order valence-corrected chi connectivity index (χ4v) is 1.51. The highest BCUT2D eigenvalue weighted by Crippen LogP contribution is 2.36. The number of carbonyl (C=O) groups is 1. The highest BCUT2D eigenvalue weighted by Gasteiger charge is 2.35. The van der Waals surface area contributed by atoms with E-state index in [2.05, 4.69) is 4.74 Å². The average Bonchev–Trinajstić information content (AvgIpc) is 2.02. The average molecular weight is 213 g/mol. The molecule has 0 saturated heterocycles. The largest absolute Gasteiger partial charge is 0.453 e. The normalized spacial score (nSPS) is 22.7. The SMILES string of the molecule is O=C(Cl)OCC1CCC(F)(F)CC1. The van der Waals surface area contributed by atoms with E-state index in [0.717, 1.165) is 0 Å². The van der Waals surface area contributed by atoms with Gasteiger partial charge in [-0.2, -0.15) is 0 Å². The van der Waals surface area contributed by atoms with Gasteiger partial charge in [-0.15, -0.1) is 0 Å². The Morgan fingerprint density at radius 2 is 2.00 bits per heavy atom. The van der Waals surface area contributed by atoms with Crippen molar-refractivity contribution in [3.63, 3.8) is 0 Å². The smallest absolute Gasteiger partial charge is 0.403 e. The summed E-state index contributed by atoms with van der Waals surface area (Å²) in [6.07, 6.45) is 0.573. The number of hydrogen-bond acceptors (Lipinski definition) is 2. The van der Waals surface area contributed by atoms with Crippen LogP contribution >= 0.6 is 11.6 Å². The van der Waals surface area contributed by atoms with Crippen LogP contribution in [0.5, 0.6) is 0 Å². The van der Waals surface area contributed by atoms with Crippen molar-refractivity contribution in [2.75, 3.05) is 6.61 Å². The summed E-state index contributed by atoms with van der Waals surface area (Å²) in [7, 11) is 0. The van der Waals surface area contributed by atoms with Gasteiger partial charge < -0.3 is 4.74 Å². The highest BCUT2D eigenvalue weighted by molar-refractivity contribution is 6.61. The summed E-state index contributed by atoms with van der Waals surface area (Å²) in [5, 5.41) is 0. The van der Waals surface area contributed by atoms with E-state index in [-0.39, 0.29) is 25.4 Å². The number of halogens is 3. The fourth-order valence-electron chi connectivity index (χ4n) is 1.45. The molecule has 2 nitrogen and oxygen atoms in total. The van der Waals surface area contributed by atoms with Gasteiger partial charge in [0.05, 0.1) is 6.61 Å². The Kier molecular flexibility index (Phi) is 3.47.